The summed E-state index contributed by atoms with van der Waals surface area (Å²) in [7, 11) is 0. The lowest BCUT2D eigenvalue weighted by atomic mass is 9.90. The molecule has 0 radical (unpaired) electrons. The second-order valence-corrected chi connectivity index (χ2v) is 8.21. The van der Waals surface area contributed by atoms with Crippen molar-refractivity contribution in [3.05, 3.63) is 69.9 Å². The highest BCUT2D eigenvalue weighted by molar-refractivity contribution is 7.10. The number of nitrogens with zero attached hydrogens (tertiary/aromatic N) is 2. The fourth-order valence-corrected chi connectivity index (χ4v) is 4.75. The molecule has 0 N–H and O–H groups in total. The van der Waals surface area contributed by atoms with Gasteiger partial charge in [-0.15, -0.1) is 17.9 Å². The first-order valence-electron chi connectivity index (χ1n) is 9.86. The lowest BCUT2D eigenvalue weighted by Gasteiger charge is -2.38. The molecule has 1 aliphatic heterocycles. The van der Waals surface area contributed by atoms with Crippen molar-refractivity contribution in [2.45, 2.75) is 39.2 Å². The lowest BCUT2D eigenvalue weighted by molar-refractivity contribution is -0.141. The van der Waals surface area contributed by atoms with E-state index in [0.717, 1.165) is 18.4 Å². The van der Waals surface area contributed by atoms with E-state index in [-0.39, 0.29) is 24.4 Å². The Morgan fingerprint density at radius 1 is 1.29 bits per heavy atom. The molecule has 2 heterocycles. The molecule has 0 saturated carbocycles. The highest BCUT2D eigenvalue weighted by Gasteiger charge is 2.34. The van der Waals surface area contributed by atoms with Gasteiger partial charge < -0.3 is 9.80 Å². The fraction of sp³-hybridized carbons (Fsp3) is 0.391. The van der Waals surface area contributed by atoms with E-state index in [1.807, 2.05) is 24.0 Å². The molecule has 0 aliphatic carbocycles. The SMILES string of the molecule is C=CCN(CC(=O)N1CCc2sccc2[C@@H]1c1ccccc1C)C(=O)CCC. The zero-order valence-electron chi connectivity index (χ0n) is 16.7. The van der Waals surface area contributed by atoms with Gasteiger partial charge in [0.05, 0.1) is 6.04 Å². The largest absolute Gasteiger partial charge is 0.330 e. The first kappa shape index (κ1) is 20.3. The van der Waals surface area contributed by atoms with Gasteiger partial charge >= 0.3 is 0 Å². The molecular formula is C23H28N2O2S. The summed E-state index contributed by atoms with van der Waals surface area (Å²) in [6, 6.07) is 10.3. The number of amides is 2. The van der Waals surface area contributed by atoms with Gasteiger partial charge in [0, 0.05) is 24.4 Å². The standard InChI is InChI=1S/C23H28N2O2S/c1-4-8-21(26)24(13-5-2)16-22(27)25-14-11-20-19(12-15-28-20)23(25)18-10-7-6-9-17(18)3/h5-7,9-10,12,15,23H,2,4,8,11,13-14,16H2,1,3H3/t23-/m0/s1. The van der Waals surface area contributed by atoms with Crippen LogP contribution in [0.15, 0.2) is 48.4 Å². The van der Waals surface area contributed by atoms with Gasteiger partial charge in [0.1, 0.15) is 6.54 Å². The highest BCUT2D eigenvalue weighted by atomic mass is 32.1. The summed E-state index contributed by atoms with van der Waals surface area (Å²) in [4.78, 5) is 30.7. The summed E-state index contributed by atoms with van der Waals surface area (Å²) in [6.07, 6.45) is 3.78. The van der Waals surface area contributed by atoms with Gasteiger partial charge in [0.25, 0.3) is 0 Å². The third-order valence-corrected chi connectivity index (χ3v) is 6.26. The van der Waals surface area contributed by atoms with Crippen molar-refractivity contribution < 1.29 is 9.59 Å². The van der Waals surface area contributed by atoms with Crippen LogP contribution >= 0.6 is 11.3 Å². The zero-order chi connectivity index (χ0) is 20.1. The number of carbonyl (C=O) groups is 2. The summed E-state index contributed by atoms with van der Waals surface area (Å²) < 4.78 is 0. The van der Waals surface area contributed by atoms with Crippen LogP contribution in [0.25, 0.3) is 0 Å². The molecule has 148 valence electrons. The second-order valence-electron chi connectivity index (χ2n) is 7.21. The van der Waals surface area contributed by atoms with Gasteiger partial charge in [-0.05, 0) is 47.9 Å². The van der Waals surface area contributed by atoms with E-state index in [9.17, 15) is 9.59 Å². The molecule has 1 aromatic heterocycles. The Balaban J connectivity index is 1.90. The van der Waals surface area contributed by atoms with E-state index in [1.54, 1.807) is 22.3 Å². The molecule has 2 amide bonds. The number of benzene rings is 1. The first-order valence-corrected chi connectivity index (χ1v) is 10.7. The molecular weight excluding hydrogens is 368 g/mol. The van der Waals surface area contributed by atoms with E-state index < -0.39 is 0 Å². The Bertz CT molecular complexity index is 858. The van der Waals surface area contributed by atoms with Gasteiger partial charge in [-0.3, -0.25) is 9.59 Å². The Morgan fingerprint density at radius 3 is 2.79 bits per heavy atom. The number of hydrogen-bond acceptors (Lipinski definition) is 3. The molecule has 4 nitrogen and oxygen atoms in total. The quantitative estimate of drug-likeness (QED) is 0.653. The maximum Gasteiger partial charge on any atom is 0.243 e. The van der Waals surface area contributed by atoms with Crippen LogP contribution in [0, 0.1) is 6.92 Å². The predicted molar refractivity (Wildman–Crippen MR) is 114 cm³/mol. The minimum absolute atomic E-state index is 0.00333. The Hall–Kier alpha value is -2.40. The van der Waals surface area contributed by atoms with E-state index >= 15 is 0 Å². The molecule has 0 unspecified atom stereocenters. The van der Waals surface area contributed by atoms with Gasteiger partial charge in [-0.2, -0.15) is 0 Å². The number of thiophene rings is 1. The molecule has 5 heteroatoms. The third-order valence-electron chi connectivity index (χ3n) is 5.26. The number of carbonyl (C=O) groups excluding carboxylic acids is 2. The smallest absolute Gasteiger partial charge is 0.243 e. The van der Waals surface area contributed by atoms with Gasteiger partial charge in [-0.25, -0.2) is 0 Å². The molecule has 1 aromatic carbocycles. The molecule has 28 heavy (non-hydrogen) atoms. The van der Waals surface area contributed by atoms with Crippen molar-refractivity contribution in [1.82, 2.24) is 9.80 Å². The topological polar surface area (TPSA) is 40.6 Å². The Labute approximate surface area is 171 Å². The third kappa shape index (κ3) is 4.20. The summed E-state index contributed by atoms with van der Waals surface area (Å²) >= 11 is 1.76. The minimum atomic E-state index is -0.0874. The fourth-order valence-electron chi connectivity index (χ4n) is 3.85. The van der Waals surface area contributed by atoms with Crippen LogP contribution in [0.3, 0.4) is 0 Å². The van der Waals surface area contributed by atoms with Crippen molar-refractivity contribution in [3.63, 3.8) is 0 Å². The van der Waals surface area contributed by atoms with Gasteiger partial charge in [-0.1, -0.05) is 37.3 Å². The summed E-state index contributed by atoms with van der Waals surface area (Å²) in [5.41, 5.74) is 3.55. The average molecular weight is 397 g/mol. The highest BCUT2D eigenvalue weighted by Crippen LogP contribution is 2.38. The van der Waals surface area contributed by atoms with Crippen molar-refractivity contribution in [2.75, 3.05) is 19.6 Å². The van der Waals surface area contributed by atoms with Crippen molar-refractivity contribution in [2.24, 2.45) is 0 Å². The summed E-state index contributed by atoms with van der Waals surface area (Å²) in [6.45, 7) is 8.99. The monoisotopic (exact) mass is 396 g/mol. The molecule has 3 rings (SSSR count). The Morgan fingerprint density at radius 2 is 2.07 bits per heavy atom. The van der Waals surface area contributed by atoms with Crippen LogP contribution < -0.4 is 0 Å². The molecule has 1 aliphatic rings. The van der Waals surface area contributed by atoms with E-state index in [2.05, 4.69) is 37.1 Å². The molecule has 1 atom stereocenters. The van der Waals surface area contributed by atoms with E-state index in [4.69, 9.17) is 0 Å². The average Bonchev–Trinajstić information content (AvgIpc) is 3.16. The second kappa shape index (κ2) is 9.20. The number of hydrogen-bond donors (Lipinski definition) is 0. The number of rotatable bonds is 7. The first-order chi connectivity index (χ1) is 13.6. The van der Waals surface area contributed by atoms with Crippen molar-refractivity contribution in [3.8, 4) is 0 Å². The van der Waals surface area contributed by atoms with Crippen LogP contribution in [0.1, 0.15) is 47.4 Å². The molecule has 0 bridgehead atoms. The molecule has 0 saturated heterocycles. The van der Waals surface area contributed by atoms with Crippen LogP contribution in [-0.2, 0) is 16.0 Å². The van der Waals surface area contributed by atoms with Gasteiger partial charge in [0.2, 0.25) is 11.8 Å². The predicted octanol–water partition coefficient (Wildman–Crippen LogP) is 4.35. The maximum absolute atomic E-state index is 13.3. The minimum Gasteiger partial charge on any atom is -0.330 e. The summed E-state index contributed by atoms with van der Waals surface area (Å²) in [5, 5.41) is 2.11. The van der Waals surface area contributed by atoms with Crippen molar-refractivity contribution >= 4 is 23.2 Å². The van der Waals surface area contributed by atoms with E-state index in [1.165, 1.54) is 16.0 Å². The normalized spacial score (nSPS) is 15.8. The summed E-state index contributed by atoms with van der Waals surface area (Å²) in [5.74, 6) is 0.00725. The number of aryl methyl sites for hydroxylation is 1. The number of fused-ring (bicyclic) bond motifs is 1. The van der Waals surface area contributed by atoms with Crippen LogP contribution in [0.4, 0.5) is 0 Å². The van der Waals surface area contributed by atoms with Crippen LogP contribution in [0.2, 0.25) is 0 Å². The van der Waals surface area contributed by atoms with Gasteiger partial charge in [0.15, 0.2) is 0 Å². The maximum atomic E-state index is 13.3. The van der Waals surface area contributed by atoms with Crippen LogP contribution in [-0.4, -0.2) is 41.2 Å². The van der Waals surface area contributed by atoms with Crippen LogP contribution in [0.5, 0.6) is 0 Å². The van der Waals surface area contributed by atoms with Crippen molar-refractivity contribution in [1.29, 1.82) is 0 Å². The van der Waals surface area contributed by atoms with E-state index in [0.29, 0.717) is 19.5 Å². The zero-order valence-corrected chi connectivity index (χ0v) is 17.5. The molecule has 0 spiro atoms. The lowest BCUT2D eigenvalue weighted by Crippen LogP contribution is -2.46. The molecule has 2 aromatic rings. The molecule has 0 fully saturated rings. The Kier molecular flexibility index (Phi) is 6.68.